The van der Waals surface area contributed by atoms with Crippen LogP contribution in [-0.4, -0.2) is 31.5 Å². The smallest absolute Gasteiger partial charge is 0.223 e. The van der Waals surface area contributed by atoms with Crippen LogP contribution in [-0.2, 0) is 21.4 Å². The van der Waals surface area contributed by atoms with Gasteiger partial charge in [-0.25, -0.2) is 13.6 Å². The Balaban J connectivity index is 2.05. The Kier molecular flexibility index (Phi) is 4.15. The van der Waals surface area contributed by atoms with Crippen molar-refractivity contribution < 1.29 is 13.2 Å². The fraction of sp³-hybridized carbons (Fsp3) is 0.500. The van der Waals surface area contributed by atoms with Crippen molar-refractivity contribution in [3.63, 3.8) is 0 Å². The first-order valence-electron chi connectivity index (χ1n) is 6.58. The Morgan fingerprint density at radius 3 is 2.40 bits per heavy atom. The van der Waals surface area contributed by atoms with Crippen molar-refractivity contribution in [1.29, 1.82) is 0 Å². The van der Waals surface area contributed by atoms with E-state index in [1.165, 1.54) is 0 Å². The maximum absolute atomic E-state index is 11.9. The predicted octanol–water partition coefficient (Wildman–Crippen LogP) is 0.940. The van der Waals surface area contributed by atoms with Gasteiger partial charge in [-0.05, 0) is 19.4 Å². The van der Waals surface area contributed by atoms with Crippen molar-refractivity contribution in [3.05, 3.63) is 34.9 Å². The van der Waals surface area contributed by atoms with Crippen molar-refractivity contribution in [3.8, 4) is 0 Å². The fourth-order valence-corrected chi connectivity index (χ4v) is 3.71. The van der Waals surface area contributed by atoms with Crippen LogP contribution in [0.1, 0.15) is 23.1 Å². The molecule has 1 unspecified atom stereocenters. The second kappa shape index (κ2) is 5.54. The van der Waals surface area contributed by atoms with Gasteiger partial charge >= 0.3 is 0 Å². The SMILES string of the molecule is Cc1cc(C)cc(CN2CC(CS(N)(=O)=O)CC2=O)c1. The molecule has 0 aromatic heterocycles. The van der Waals surface area contributed by atoms with E-state index in [-0.39, 0.29) is 24.0 Å². The molecule has 1 aromatic rings. The Morgan fingerprint density at radius 1 is 1.25 bits per heavy atom. The van der Waals surface area contributed by atoms with Gasteiger partial charge in [-0.3, -0.25) is 4.79 Å². The van der Waals surface area contributed by atoms with Crippen LogP contribution in [0.3, 0.4) is 0 Å². The van der Waals surface area contributed by atoms with Gasteiger partial charge in [0.2, 0.25) is 15.9 Å². The third-order valence-electron chi connectivity index (χ3n) is 3.42. The molecule has 6 heteroatoms. The molecular formula is C14H20N2O3S. The second-order valence-electron chi connectivity index (χ2n) is 5.67. The van der Waals surface area contributed by atoms with Gasteiger partial charge in [-0.15, -0.1) is 0 Å². The summed E-state index contributed by atoms with van der Waals surface area (Å²) < 4.78 is 22.2. The molecule has 1 atom stereocenters. The zero-order valence-corrected chi connectivity index (χ0v) is 12.6. The molecule has 2 rings (SSSR count). The van der Waals surface area contributed by atoms with Crippen LogP contribution in [0.5, 0.6) is 0 Å². The van der Waals surface area contributed by atoms with Gasteiger partial charge in [0.05, 0.1) is 5.75 Å². The number of amides is 1. The van der Waals surface area contributed by atoms with Crippen molar-refractivity contribution in [1.82, 2.24) is 4.90 Å². The van der Waals surface area contributed by atoms with Gasteiger partial charge in [0.25, 0.3) is 0 Å². The summed E-state index contributed by atoms with van der Waals surface area (Å²) in [6.07, 6.45) is 0.265. The van der Waals surface area contributed by atoms with Gasteiger partial charge in [0, 0.05) is 25.4 Å². The van der Waals surface area contributed by atoms with E-state index in [0.29, 0.717) is 13.1 Å². The Hall–Kier alpha value is -1.40. The molecule has 0 bridgehead atoms. The topological polar surface area (TPSA) is 80.5 Å². The lowest BCUT2D eigenvalue weighted by molar-refractivity contribution is -0.128. The number of primary sulfonamides is 1. The summed E-state index contributed by atoms with van der Waals surface area (Å²) in [5, 5.41) is 5.04. The molecule has 1 aromatic carbocycles. The van der Waals surface area contributed by atoms with E-state index in [4.69, 9.17) is 5.14 Å². The molecule has 0 aliphatic carbocycles. The number of benzene rings is 1. The largest absolute Gasteiger partial charge is 0.338 e. The minimum atomic E-state index is -3.52. The number of rotatable bonds is 4. The zero-order chi connectivity index (χ0) is 14.9. The third kappa shape index (κ3) is 4.05. The number of carbonyl (C=O) groups is 1. The first-order valence-corrected chi connectivity index (χ1v) is 8.30. The molecule has 1 amide bonds. The Labute approximate surface area is 119 Å². The van der Waals surface area contributed by atoms with E-state index in [2.05, 4.69) is 6.07 Å². The fourth-order valence-electron chi connectivity index (χ4n) is 2.83. The van der Waals surface area contributed by atoms with Crippen molar-refractivity contribution in [2.75, 3.05) is 12.3 Å². The van der Waals surface area contributed by atoms with Crippen LogP contribution in [0.25, 0.3) is 0 Å². The van der Waals surface area contributed by atoms with E-state index in [1.807, 2.05) is 26.0 Å². The highest BCUT2D eigenvalue weighted by Crippen LogP contribution is 2.22. The number of hydrogen-bond donors (Lipinski definition) is 1. The standard InChI is InChI=1S/C14H20N2O3S/c1-10-3-11(2)5-12(4-10)7-16-8-13(6-14(16)17)9-20(15,18)19/h3-5,13H,6-9H2,1-2H3,(H2,15,18,19). The van der Waals surface area contributed by atoms with E-state index < -0.39 is 10.0 Å². The Morgan fingerprint density at radius 2 is 1.85 bits per heavy atom. The average molecular weight is 296 g/mol. The summed E-state index contributed by atoms with van der Waals surface area (Å²) in [5.41, 5.74) is 3.40. The lowest BCUT2D eigenvalue weighted by atomic mass is 10.1. The Bertz CT molecular complexity index is 605. The summed E-state index contributed by atoms with van der Waals surface area (Å²) in [6.45, 7) is 5.03. The number of hydrogen-bond acceptors (Lipinski definition) is 3. The first-order chi connectivity index (χ1) is 9.23. The number of nitrogens with zero attached hydrogens (tertiary/aromatic N) is 1. The summed E-state index contributed by atoms with van der Waals surface area (Å²) in [7, 11) is -3.52. The van der Waals surface area contributed by atoms with Crippen LogP contribution in [0.15, 0.2) is 18.2 Å². The highest BCUT2D eigenvalue weighted by Gasteiger charge is 2.31. The summed E-state index contributed by atoms with van der Waals surface area (Å²) in [5.74, 6) is -0.316. The van der Waals surface area contributed by atoms with E-state index >= 15 is 0 Å². The molecule has 1 saturated heterocycles. The molecule has 1 heterocycles. The predicted molar refractivity (Wildman–Crippen MR) is 77.4 cm³/mol. The maximum atomic E-state index is 11.9. The van der Waals surface area contributed by atoms with Crippen LogP contribution in [0, 0.1) is 19.8 Å². The minimum Gasteiger partial charge on any atom is -0.338 e. The normalized spacial score (nSPS) is 19.6. The van der Waals surface area contributed by atoms with Crippen molar-refractivity contribution in [2.24, 2.45) is 11.1 Å². The molecule has 1 aliphatic rings. The summed E-state index contributed by atoms with van der Waals surface area (Å²) in [6, 6.07) is 6.18. The molecular weight excluding hydrogens is 276 g/mol. The molecule has 110 valence electrons. The zero-order valence-electron chi connectivity index (χ0n) is 11.8. The van der Waals surface area contributed by atoms with Gasteiger partial charge < -0.3 is 4.90 Å². The lowest BCUT2D eigenvalue weighted by Crippen LogP contribution is -2.27. The number of nitrogens with two attached hydrogens (primary N) is 1. The molecule has 2 N–H and O–H groups in total. The van der Waals surface area contributed by atoms with E-state index in [1.54, 1.807) is 4.90 Å². The molecule has 0 spiro atoms. The van der Waals surface area contributed by atoms with Gasteiger partial charge in [0.15, 0.2) is 0 Å². The summed E-state index contributed by atoms with van der Waals surface area (Å²) >= 11 is 0. The van der Waals surface area contributed by atoms with Crippen LogP contribution in [0.4, 0.5) is 0 Å². The quantitative estimate of drug-likeness (QED) is 0.898. The molecule has 20 heavy (non-hydrogen) atoms. The van der Waals surface area contributed by atoms with E-state index in [9.17, 15) is 13.2 Å². The van der Waals surface area contributed by atoms with Crippen molar-refractivity contribution in [2.45, 2.75) is 26.8 Å². The molecule has 0 radical (unpaired) electrons. The lowest BCUT2D eigenvalue weighted by Gasteiger charge is -2.17. The summed E-state index contributed by atoms with van der Waals surface area (Å²) in [4.78, 5) is 13.6. The molecule has 5 nitrogen and oxygen atoms in total. The average Bonchev–Trinajstić information content (AvgIpc) is 2.54. The number of carbonyl (C=O) groups excluding carboxylic acids is 1. The number of sulfonamides is 1. The van der Waals surface area contributed by atoms with Gasteiger partial charge in [0.1, 0.15) is 0 Å². The minimum absolute atomic E-state index is 0.00203. The molecule has 0 saturated carbocycles. The van der Waals surface area contributed by atoms with E-state index in [0.717, 1.165) is 16.7 Å². The van der Waals surface area contributed by atoms with Gasteiger partial charge in [-0.2, -0.15) is 0 Å². The van der Waals surface area contributed by atoms with Crippen LogP contribution < -0.4 is 5.14 Å². The van der Waals surface area contributed by atoms with Gasteiger partial charge in [-0.1, -0.05) is 29.3 Å². The highest BCUT2D eigenvalue weighted by atomic mass is 32.2. The third-order valence-corrected chi connectivity index (χ3v) is 4.35. The maximum Gasteiger partial charge on any atom is 0.223 e. The molecule has 1 fully saturated rings. The van der Waals surface area contributed by atoms with Crippen LogP contribution >= 0.6 is 0 Å². The number of likely N-dealkylation sites (tertiary alicyclic amines) is 1. The van der Waals surface area contributed by atoms with Crippen molar-refractivity contribution >= 4 is 15.9 Å². The monoisotopic (exact) mass is 296 g/mol. The first kappa shape index (κ1) is 15.0. The molecule has 1 aliphatic heterocycles. The highest BCUT2D eigenvalue weighted by molar-refractivity contribution is 7.89. The number of aryl methyl sites for hydroxylation is 2. The van der Waals surface area contributed by atoms with Crippen LogP contribution in [0.2, 0.25) is 0 Å². The second-order valence-corrected chi connectivity index (χ2v) is 7.33.